The van der Waals surface area contributed by atoms with Gasteiger partial charge in [-0.25, -0.2) is 4.79 Å². The molecule has 0 atom stereocenters. The van der Waals surface area contributed by atoms with Crippen molar-refractivity contribution in [3.8, 4) is 11.1 Å². The van der Waals surface area contributed by atoms with Crippen LogP contribution in [-0.2, 0) is 6.18 Å². The Hall–Kier alpha value is -3.13. The van der Waals surface area contributed by atoms with Gasteiger partial charge in [0.15, 0.2) is 0 Å². The Morgan fingerprint density at radius 3 is 2.31 bits per heavy atom. The number of hydrogen-bond donors (Lipinski definition) is 1. The first kappa shape index (κ1) is 20.6. The van der Waals surface area contributed by atoms with Gasteiger partial charge in [0.05, 0.1) is 11.3 Å². The molecule has 4 nitrogen and oxygen atoms in total. The van der Waals surface area contributed by atoms with Crippen molar-refractivity contribution in [2.75, 3.05) is 11.9 Å². The largest absolute Gasteiger partial charge is 0.477 e. The van der Waals surface area contributed by atoms with Crippen LogP contribution in [0, 0.1) is 6.92 Å². The van der Waals surface area contributed by atoms with Gasteiger partial charge in [0.25, 0.3) is 5.91 Å². The molecule has 3 rings (SSSR count). The minimum atomic E-state index is -4.54. The second-order valence-corrected chi connectivity index (χ2v) is 7.32. The number of rotatable bonds is 4. The molecule has 29 heavy (non-hydrogen) atoms. The quantitative estimate of drug-likeness (QED) is 0.589. The third-order valence-electron chi connectivity index (χ3n) is 4.40. The van der Waals surface area contributed by atoms with Crippen molar-refractivity contribution in [2.24, 2.45) is 0 Å². The van der Waals surface area contributed by atoms with E-state index in [4.69, 9.17) is 0 Å². The van der Waals surface area contributed by atoms with Crippen LogP contribution < -0.4 is 4.90 Å². The molecule has 0 saturated carbocycles. The Labute approximate surface area is 168 Å². The maximum absolute atomic E-state index is 13.1. The Balaban J connectivity index is 2.11. The van der Waals surface area contributed by atoms with E-state index in [2.05, 4.69) is 0 Å². The number of aromatic carboxylic acids is 1. The SMILES string of the molecule is Cc1ccc(C(=O)N(C)c2c(-c3cccc(C(F)(F)F)c3)csc2C(=O)O)cc1. The molecule has 0 aliphatic heterocycles. The summed E-state index contributed by atoms with van der Waals surface area (Å²) in [5, 5.41) is 11.0. The highest BCUT2D eigenvalue weighted by Crippen LogP contribution is 2.41. The second kappa shape index (κ2) is 7.71. The van der Waals surface area contributed by atoms with E-state index in [0.29, 0.717) is 5.56 Å². The molecule has 1 heterocycles. The summed E-state index contributed by atoms with van der Waals surface area (Å²) >= 11 is 0.861. The van der Waals surface area contributed by atoms with E-state index in [1.165, 1.54) is 29.5 Å². The topological polar surface area (TPSA) is 57.6 Å². The maximum atomic E-state index is 13.1. The van der Waals surface area contributed by atoms with Gasteiger partial charge >= 0.3 is 12.1 Å². The predicted octanol–water partition coefficient (Wildman–Crippen LogP) is 5.72. The molecule has 0 aliphatic carbocycles. The molecule has 0 aliphatic rings. The van der Waals surface area contributed by atoms with Crippen LogP contribution in [0.25, 0.3) is 11.1 Å². The zero-order chi connectivity index (χ0) is 21.3. The summed E-state index contributed by atoms with van der Waals surface area (Å²) in [6.07, 6.45) is -4.54. The number of hydrogen-bond acceptors (Lipinski definition) is 3. The number of benzene rings is 2. The zero-order valence-electron chi connectivity index (χ0n) is 15.4. The van der Waals surface area contributed by atoms with Gasteiger partial charge in [-0.2, -0.15) is 13.2 Å². The Bertz CT molecular complexity index is 1070. The number of anilines is 1. The van der Waals surface area contributed by atoms with Crippen LogP contribution in [0.5, 0.6) is 0 Å². The molecule has 0 bridgehead atoms. The molecule has 3 aromatic rings. The number of thiophene rings is 1. The highest BCUT2D eigenvalue weighted by atomic mass is 32.1. The third-order valence-corrected chi connectivity index (χ3v) is 5.36. The van der Waals surface area contributed by atoms with Crippen molar-refractivity contribution < 1.29 is 27.9 Å². The number of nitrogens with zero attached hydrogens (tertiary/aromatic N) is 1. The van der Waals surface area contributed by atoms with Gasteiger partial charge in [0.1, 0.15) is 4.88 Å². The van der Waals surface area contributed by atoms with Gasteiger partial charge in [-0.3, -0.25) is 4.79 Å². The molecule has 1 aromatic heterocycles. The van der Waals surface area contributed by atoms with Crippen LogP contribution in [0.4, 0.5) is 18.9 Å². The lowest BCUT2D eigenvalue weighted by atomic mass is 10.0. The molecule has 1 N–H and O–H groups in total. The van der Waals surface area contributed by atoms with E-state index in [-0.39, 0.29) is 21.7 Å². The maximum Gasteiger partial charge on any atom is 0.416 e. The third kappa shape index (κ3) is 4.17. The number of carboxylic acid groups (broad SMARTS) is 1. The molecule has 0 radical (unpaired) electrons. The van der Waals surface area contributed by atoms with Gasteiger partial charge in [0, 0.05) is 23.6 Å². The molecular weight excluding hydrogens is 403 g/mol. The monoisotopic (exact) mass is 419 g/mol. The first-order valence-corrected chi connectivity index (χ1v) is 9.34. The first-order valence-electron chi connectivity index (χ1n) is 8.46. The lowest BCUT2D eigenvalue weighted by Gasteiger charge is -2.20. The Morgan fingerprint density at radius 1 is 1.07 bits per heavy atom. The van der Waals surface area contributed by atoms with Crippen molar-refractivity contribution >= 4 is 28.9 Å². The molecule has 2 aromatic carbocycles. The molecule has 8 heteroatoms. The van der Waals surface area contributed by atoms with Gasteiger partial charge in [-0.15, -0.1) is 11.3 Å². The minimum absolute atomic E-state index is 0.0624. The summed E-state index contributed by atoms with van der Waals surface area (Å²) in [6, 6.07) is 11.3. The normalized spacial score (nSPS) is 11.3. The van der Waals surface area contributed by atoms with Crippen molar-refractivity contribution in [1.29, 1.82) is 0 Å². The number of alkyl halides is 3. The van der Waals surface area contributed by atoms with E-state index in [9.17, 15) is 27.9 Å². The van der Waals surface area contributed by atoms with Gasteiger partial charge in [-0.05, 0) is 36.8 Å². The van der Waals surface area contributed by atoms with Crippen LogP contribution in [-0.4, -0.2) is 24.0 Å². The van der Waals surface area contributed by atoms with Gasteiger partial charge in [-0.1, -0.05) is 29.8 Å². The Morgan fingerprint density at radius 2 is 1.72 bits per heavy atom. The smallest absolute Gasteiger partial charge is 0.416 e. The minimum Gasteiger partial charge on any atom is -0.477 e. The fraction of sp³-hybridized carbons (Fsp3) is 0.143. The molecule has 0 unspecified atom stereocenters. The molecule has 150 valence electrons. The van der Waals surface area contributed by atoms with Gasteiger partial charge < -0.3 is 10.0 Å². The summed E-state index contributed by atoms with van der Waals surface area (Å²) in [5.41, 5.74) is 0.943. The van der Waals surface area contributed by atoms with Crippen molar-refractivity contribution in [2.45, 2.75) is 13.1 Å². The number of carboxylic acids is 1. The average molecular weight is 419 g/mol. The van der Waals surface area contributed by atoms with Gasteiger partial charge in [0.2, 0.25) is 0 Å². The molecule has 0 saturated heterocycles. The standard InChI is InChI=1S/C21H16F3NO3S/c1-12-6-8-13(9-7-12)19(26)25(2)17-16(11-29-18(17)20(27)28)14-4-3-5-15(10-14)21(22,23)24/h3-11H,1-2H3,(H,27,28). The van der Waals surface area contributed by atoms with E-state index in [1.807, 2.05) is 6.92 Å². The highest BCUT2D eigenvalue weighted by Gasteiger charge is 2.31. The lowest BCUT2D eigenvalue weighted by molar-refractivity contribution is -0.137. The van der Waals surface area contributed by atoms with E-state index in [0.717, 1.165) is 29.0 Å². The lowest BCUT2D eigenvalue weighted by Crippen LogP contribution is -2.27. The average Bonchev–Trinajstić information content (AvgIpc) is 3.12. The Kier molecular flexibility index (Phi) is 5.48. The fourth-order valence-electron chi connectivity index (χ4n) is 2.90. The van der Waals surface area contributed by atoms with E-state index in [1.54, 1.807) is 24.3 Å². The van der Waals surface area contributed by atoms with Crippen LogP contribution in [0.2, 0.25) is 0 Å². The molecule has 1 amide bonds. The van der Waals surface area contributed by atoms with Crippen LogP contribution in [0.15, 0.2) is 53.9 Å². The van der Waals surface area contributed by atoms with Crippen molar-refractivity contribution in [3.05, 3.63) is 75.5 Å². The molecule has 0 fully saturated rings. The van der Waals surface area contributed by atoms with Crippen LogP contribution >= 0.6 is 11.3 Å². The highest BCUT2D eigenvalue weighted by molar-refractivity contribution is 7.13. The number of halogens is 3. The summed E-state index contributed by atoms with van der Waals surface area (Å²) in [5.74, 6) is -1.72. The number of carbonyl (C=O) groups excluding carboxylic acids is 1. The fourth-order valence-corrected chi connectivity index (χ4v) is 3.84. The summed E-state index contributed by atoms with van der Waals surface area (Å²) in [6.45, 7) is 1.87. The molecular formula is C21H16F3NO3S. The van der Waals surface area contributed by atoms with E-state index < -0.39 is 23.6 Å². The number of carbonyl (C=O) groups is 2. The van der Waals surface area contributed by atoms with Crippen LogP contribution in [0.3, 0.4) is 0 Å². The van der Waals surface area contributed by atoms with E-state index >= 15 is 0 Å². The second-order valence-electron chi connectivity index (χ2n) is 6.44. The number of amides is 1. The predicted molar refractivity (Wildman–Crippen MR) is 106 cm³/mol. The number of aryl methyl sites for hydroxylation is 1. The molecule has 0 spiro atoms. The van der Waals surface area contributed by atoms with Crippen LogP contribution in [0.1, 0.15) is 31.2 Å². The summed E-state index contributed by atoms with van der Waals surface area (Å²) in [7, 11) is 1.41. The summed E-state index contributed by atoms with van der Waals surface area (Å²) < 4.78 is 39.3. The van der Waals surface area contributed by atoms with Crippen molar-refractivity contribution in [1.82, 2.24) is 0 Å². The van der Waals surface area contributed by atoms with Crippen molar-refractivity contribution in [3.63, 3.8) is 0 Å². The summed E-state index contributed by atoms with van der Waals surface area (Å²) in [4.78, 5) is 25.6. The first-order chi connectivity index (χ1) is 13.6. The zero-order valence-corrected chi connectivity index (χ0v) is 16.3.